The zero-order valence-corrected chi connectivity index (χ0v) is 13.4. The van der Waals surface area contributed by atoms with Crippen molar-refractivity contribution in [1.29, 1.82) is 0 Å². The van der Waals surface area contributed by atoms with E-state index in [0.717, 1.165) is 17.4 Å². The van der Waals surface area contributed by atoms with Crippen molar-refractivity contribution in [3.8, 4) is 5.75 Å². The van der Waals surface area contributed by atoms with E-state index in [9.17, 15) is 9.50 Å². The highest BCUT2D eigenvalue weighted by molar-refractivity contribution is 5.79. The van der Waals surface area contributed by atoms with Gasteiger partial charge in [0, 0.05) is 19.6 Å². The largest absolute Gasteiger partial charge is 0.505 e. The van der Waals surface area contributed by atoms with Crippen molar-refractivity contribution in [3.05, 3.63) is 29.6 Å². The fraction of sp³-hybridized carbons (Fsp3) is 0.588. The molecule has 2 atom stereocenters. The monoisotopic (exact) mass is 307 g/mol. The second-order valence-corrected chi connectivity index (χ2v) is 5.99. The summed E-state index contributed by atoms with van der Waals surface area (Å²) in [7, 11) is 1.74. The van der Waals surface area contributed by atoms with Crippen molar-refractivity contribution in [2.75, 3.05) is 7.05 Å². The van der Waals surface area contributed by atoms with E-state index in [0.29, 0.717) is 12.6 Å². The number of aromatic hydroxyl groups is 1. The Balaban J connectivity index is 1.85. The molecule has 0 saturated heterocycles. The highest BCUT2D eigenvalue weighted by Crippen LogP contribution is 2.26. The number of hydrogen-bond donors (Lipinski definition) is 3. The van der Waals surface area contributed by atoms with Crippen LogP contribution in [0.1, 0.15) is 44.6 Å². The number of phenols is 1. The van der Waals surface area contributed by atoms with Gasteiger partial charge in [0.25, 0.3) is 0 Å². The van der Waals surface area contributed by atoms with Crippen molar-refractivity contribution in [2.45, 2.75) is 51.6 Å². The highest BCUT2D eigenvalue weighted by atomic mass is 19.1. The zero-order chi connectivity index (χ0) is 15.9. The lowest BCUT2D eigenvalue weighted by Crippen LogP contribution is -2.45. The van der Waals surface area contributed by atoms with Crippen LogP contribution in [0.3, 0.4) is 0 Å². The lowest BCUT2D eigenvalue weighted by atomic mass is 9.84. The molecule has 2 unspecified atom stereocenters. The summed E-state index contributed by atoms with van der Waals surface area (Å²) in [5.74, 6) is 0.630. The normalized spacial score (nSPS) is 22.4. The van der Waals surface area contributed by atoms with Crippen molar-refractivity contribution in [1.82, 2.24) is 10.6 Å². The Bertz CT molecular complexity index is 519. The van der Waals surface area contributed by atoms with Crippen LogP contribution < -0.4 is 10.6 Å². The summed E-state index contributed by atoms with van der Waals surface area (Å²) < 4.78 is 13.3. The van der Waals surface area contributed by atoms with E-state index in [1.807, 2.05) is 0 Å². The first-order valence-electron chi connectivity index (χ1n) is 8.07. The maximum absolute atomic E-state index is 13.3. The molecular formula is C17H26FN3O. The average molecular weight is 307 g/mol. The first-order valence-corrected chi connectivity index (χ1v) is 8.07. The molecule has 1 aromatic carbocycles. The van der Waals surface area contributed by atoms with Gasteiger partial charge in [-0.15, -0.1) is 0 Å². The van der Waals surface area contributed by atoms with Gasteiger partial charge in [0.1, 0.15) is 0 Å². The van der Waals surface area contributed by atoms with Gasteiger partial charge in [-0.2, -0.15) is 0 Å². The molecule has 1 aliphatic carbocycles. The van der Waals surface area contributed by atoms with Gasteiger partial charge in [-0.25, -0.2) is 4.39 Å². The molecule has 2 rings (SSSR count). The molecule has 0 amide bonds. The smallest absolute Gasteiger partial charge is 0.191 e. The Hall–Kier alpha value is -1.78. The fourth-order valence-corrected chi connectivity index (χ4v) is 3.03. The Morgan fingerprint density at radius 3 is 2.91 bits per heavy atom. The maximum Gasteiger partial charge on any atom is 0.191 e. The van der Waals surface area contributed by atoms with Crippen LogP contribution in [0.5, 0.6) is 5.75 Å². The number of guanidine groups is 1. The van der Waals surface area contributed by atoms with E-state index in [2.05, 4.69) is 22.5 Å². The molecule has 4 nitrogen and oxygen atoms in total. The van der Waals surface area contributed by atoms with Gasteiger partial charge < -0.3 is 15.7 Å². The predicted molar refractivity (Wildman–Crippen MR) is 87.4 cm³/mol. The van der Waals surface area contributed by atoms with E-state index in [1.165, 1.54) is 44.2 Å². The second kappa shape index (κ2) is 8.01. The predicted octanol–water partition coefficient (Wildman–Crippen LogP) is 3.17. The van der Waals surface area contributed by atoms with Crippen molar-refractivity contribution >= 4 is 5.96 Å². The third kappa shape index (κ3) is 4.61. The number of halogens is 1. The molecule has 1 aliphatic rings. The molecule has 0 radical (unpaired) electrons. The molecule has 0 bridgehead atoms. The van der Waals surface area contributed by atoms with Gasteiger partial charge in [0.15, 0.2) is 17.5 Å². The number of phenolic OH excluding ortho intramolecular Hbond substituents is 1. The first-order chi connectivity index (χ1) is 10.6. The van der Waals surface area contributed by atoms with E-state index in [1.54, 1.807) is 13.1 Å². The molecule has 0 spiro atoms. The van der Waals surface area contributed by atoms with E-state index >= 15 is 0 Å². The van der Waals surface area contributed by atoms with Gasteiger partial charge in [0.2, 0.25) is 0 Å². The molecule has 1 aromatic rings. The number of hydrogen-bond acceptors (Lipinski definition) is 2. The minimum absolute atomic E-state index is 0.320. The van der Waals surface area contributed by atoms with Crippen molar-refractivity contribution in [3.63, 3.8) is 0 Å². The maximum atomic E-state index is 13.3. The Morgan fingerprint density at radius 1 is 1.41 bits per heavy atom. The van der Waals surface area contributed by atoms with Gasteiger partial charge in [-0.1, -0.05) is 32.3 Å². The van der Waals surface area contributed by atoms with Gasteiger partial charge in [-0.05, 0) is 36.5 Å². The molecule has 0 aromatic heterocycles. The zero-order valence-electron chi connectivity index (χ0n) is 13.4. The number of nitrogens with zero attached hydrogens (tertiary/aromatic N) is 1. The van der Waals surface area contributed by atoms with E-state index < -0.39 is 5.82 Å². The lowest BCUT2D eigenvalue weighted by Gasteiger charge is -2.30. The topological polar surface area (TPSA) is 56.7 Å². The quantitative estimate of drug-likeness (QED) is 0.591. The van der Waals surface area contributed by atoms with Crippen LogP contribution in [0.2, 0.25) is 0 Å². The molecule has 122 valence electrons. The molecule has 1 saturated carbocycles. The number of nitrogens with one attached hydrogen (secondary N) is 2. The Kier molecular flexibility index (Phi) is 6.04. The van der Waals surface area contributed by atoms with Crippen LogP contribution in [-0.4, -0.2) is 24.2 Å². The average Bonchev–Trinajstić information content (AvgIpc) is 2.54. The van der Waals surface area contributed by atoms with Crippen LogP contribution in [0, 0.1) is 11.7 Å². The van der Waals surface area contributed by atoms with Gasteiger partial charge in [-0.3, -0.25) is 4.99 Å². The van der Waals surface area contributed by atoms with Gasteiger partial charge >= 0.3 is 0 Å². The molecule has 0 heterocycles. The van der Waals surface area contributed by atoms with Gasteiger partial charge in [0.05, 0.1) is 0 Å². The second-order valence-electron chi connectivity index (χ2n) is 5.99. The summed E-state index contributed by atoms with van der Waals surface area (Å²) in [5.41, 5.74) is 0.772. The molecule has 3 N–H and O–H groups in total. The molecule has 0 aliphatic heterocycles. The molecular weight excluding hydrogens is 281 g/mol. The Labute approximate surface area is 131 Å². The first kappa shape index (κ1) is 16.6. The summed E-state index contributed by atoms with van der Waals surface area (Å²) in [4.78, 5) is 4.24. The molecule has 22 heavy (non-hydrogen) atoms. The standard InChI is InChI=1S/C17H26FN3O/c1-3-12-5-4-6-14(9-12)21-17(19-2)20-11-13-7-8-16(22)15(18)10-13/h7-8,10,12,14,22H,3-6,9,11H2,1-2H3,(H2,19,20,21). The van der Waals surface area contributed by atoms with Crippen LogP contribution in [0.25, 0.3) is 0 Å². The van der Waals surface area contributed by atoms with E-state index in [-0.39, 0.29) is 5.75 Å². The summed E-state index contributed by atoms with van der Waals surface area (Å²) in [6.45, 7) is 2.72. The third-order valence-corrected chi connectivity index (χ3v) is 4.40. The minimum atomic E-state index is -0.597. The van der Waals surface area contributed by atoms with Crippen LogP contribution in [0.15, 0.2) is 23.2 Å². The number of rotatable bonds is 4. The fourth-order valence-electron chi connectivity index (χ4n) is 3.03. The van der Waals surface area contributed by atoms with Crippen molar-refractivity contribution < 1.29 is 9.50 Å². The summed E-state index contributed by atoms with van der Waals surface area (Å²) in [5, 5.41) is 15.9. The molecule has 1 fully saturated rings. The summed E-state index contributed by atoms with van der Waals surface area (Å²) >= 11 is 0. The van der Waals surface area contributed by atoms with Crippen molar-refractivity contribution in [2.24, 2.45) is 10.9 Å². The third-order valence-electron chi connectivity index (χ3n) is 4.40. The summed E-state index contributed by atoms with van der Waals surface area (Å²) in [6.07, 6.45) is 6.18. The Morgan fingerprint density at radius 2 is 2.23 bits per heavy atom. The minimum Gasteiger partial charge on any atom is -0.505 e. The number of aliphatic imine (C=N–C) groups is 1. The SMILES string of the molecule is CCC1CCCC(NC(=NC)NCc2ccc(O)c(F)c2)C1. The highest BCUT2D eigenvalue weighted by Gasteiger charge is 2.21. The van der Waals surface area contributed by atoms with Crippen LogP contribution in [-0.2, 0) is 6.54 Å². The molecule has 5 heteroatoms. The van der Waals surface area contributed by atoms with Crippen LogP contribution >= 0.6 is 0 Å². The number of benzene rings is 1. The summed E-state index contributed by atoms with van der Waals surface area (Å²) in [6, 6.07) is 4.87. The van der Waals surface area contributed by atoms with E-state index in [4.69, 9.17) is 0 Å². The lowest BCUT2D eigenvalue weighted by molar-refractivity contribution is 0.298. The van der Waals surface area contributed by atoms with Crippen LogP contribution in [0.4, 0.5) is 4.39 Å².